The zero-order valence-corrected chi connectivity index (χ0v) is 12.6. The van der Waals surface area contributed by atoms with Crippen molar-refractivity contribution < 1.29 is 14.3 Å². The highest BCUT2D eigenvalue weighted by Gasteiger charge is 2.20. The molecule has 0 bridgehead atoms. The van der Waals surface area contributed by atoms with Crippen molar-refractivity contribution in [2.75, 3.05) is 13.7 Å². The number of imidazole rings is 1. The van der Waals surface area contributed by atoms with Crippen LogP contribution >= 0.6 is 0 Å². The molecule has 0 aliphatic rings. The van der Waals surface area contributed by atoms with Crippen molar-refractivity contribution >= 4 is 5.97 Å². The Morgan fingerprint density at radius 2 is 2.14 bits per heavy atom. The minimum Gasteiger partial charge on any atom is -0.496 e. The zero-order valence-electron chi connectivity index (χ0n) is 12.6. The first-order chi connectivity index (χ1) is 10.2. The fourth-order valence-electron chi connectivity index (χ4n) is 2.20. The summed E-state index contributed by atoms with van der Waals surface area (Å²) in [4.78, 5) is 16.1. The summed E-state index contributed by atoms with van der Waals surface area (Å²) < 4.78 is 12.4. The van der Waals surface area contributed by atoms with E-state index in [9.17, 15) is 4.79 Å². The van der Waals surface area contributed by atoms with Crippen LogP contribution in [0, 0.1) is 0 Å². The number of esters is 1. The number of rotatable bonds is 6. The number of para-hydroxylation sites is 1. The maximum atomic E-state index is 12.1. The highest BCUT2D eigenvalue weighted by atomic mass is 16.5. The molecule has 0 N–H and O–H groups in total. The van der Waals surface area contributed by atoms with Gasteiger partial charge in [-0.05, 0) is 19.4 Å². The van der Waals surface area contributed by atoms with Crippen LogP contribution in [-0.2, 0) is 4.74 Å². The molecule has 0 saturated heterocycles. The number of nitrogens with zero attached hydrogens (tertiary/aromatic N) is 2. The van der Waals surface area contributed by atoms with Gasteiger partial charge in [-0.25, -0.2) is 9.78 Å². The zero-order chi connectivity index (χ0) is 15.2. The summed E-state index contributed by atoms with van der Waals surface area (Å²) in [7, 11) is 1.63. The maximum absolute atomic E-state index is 12.1. The average molecular weight is 288 g/mol. The van der Waals surface area contributed by atoms with Gasteiger partial charge in [0.1, 0.15) is 11.4 Å². The normalized spacial score (nSPS) is 12.0. The Morgan fingerprint density at radius 3 is 2.86 bits per heavy atom. The molecule has 0 amide bonds. The van der Waals surface area contributed by atoms with Gasteiger partial charge in [-0.3, -0.25) is 0 Å². The Hall–Kier alpha value is -2.30. The van der Waals surface area contributed by atoms with Gasteiger partial charge in [0.2, 0.25) is 0 Å². The molecule has 2 aromatic rings. The molecule has 21 heavy (non-hydrogen) atoms. The van der Waals surface area contributed by atoms with E-state index in [1.165, 1.54) is 6.20 Å². The summed E-state index contributed by atoms with van der Waals surface area (Å²) in [5.74, 6) is 0.433. The average Bonchev–Trinajstić information content (AvgIpc) is 3.01. The first-order valence-corrected chi connectivity index (χ1v) is 7.00. The fourth-order valence-corrected chi connectivity index (χ4v) is 2.20. The van der Waals surface area contributed by atoms with Gasteiger partial charge in [-0.1, -0.05) is 25.1 Å². The van der Waals surface area contributed by atoms with Crippen LogP contribution in [0.3, 0.4) is 0 Å². The summed E-state index contributed by atoms with van der Waals surface area (Å²) in [5.41, 5.74) is 1.43. The van der Waals surface area contributed by atoms with Crippen LogP contribution in [0.2, 0.25) is 0 Å². The third kappa shape index (κ3) is 3.24. The summed E-state index contributed by atoms with van der Waals surface area (Å²) in [6.07, 6.45) is 3.96. The number of carbonyl (C=O) groups excluding carboxylic acids is 1. The van der Waals surface area contributed by atoms with Crippen molar-refractivity contribution in [3.05, 3.63) is 48.0 Å². The molecule has 0 aliphatic heterocycles. The summed E-state index contributed by atoms with van der Waals surface area (Å²) in [6, 6.07) is 7.66. The number of benzene rings is 1. The van der Waals surface area contributed by atoms with E-state index in [0.717, 1.165) is 17.7 Å². The van der Waals surface area contributed by atoms with Crippen molar-refractivity contribution in [3.8, 4) is 5.75 Å². The monoisotopic (exact) mass is 288 g/mol. The quantitative estimate of drug-likeness (QED) is 0.767. The van der Waals surface area contributed by atoms with Crippen LogP contribution in [0.4, 0.5) is 0 Å². The van der Waals surface area contributed by atoms with Gasteiger partial charge in [0.05, 0.1) is 32.3 Å². The van der Waals surface area contributed by atoms with E-state index in [1.54, 1.807) is 18.0 Å². The van der Waals surface area contributed by atoms with Gasteiger partial charge in [0.25, 0.3) is 0 Å². The molecule has 1 unspecified atom stereocenters. The van der Waals surface area contributed by atoms with Crippen molar-refractivity contribution in [1.29, 1.82) is 0 Å². The van der Waals surface area contributed by atoms with Crippen LogP contribution in [0.5, 0.6) is 5.75 Å². The van der Waals surface area contributed by atoms with Crippen molar-refractivity contribution in [1.82, 2.24) is 9.55 Å². The number of ether oxygens (including phenoxy) is 2. The van der Waals surface area contributed by atoms with E-state index in [0.29, 0.717) is 12.3 Å². The smallest absolute Gasteiger partial charge is 0.356 e. The van der Waals surface area contributed by atoms with Crippen LogP contribution in [0.1, 0.15) is 42.4 Å². The molecule has 1 atom stereocenters. The first kappa shape index (κ1) is 15.1. The SMILES string of the molecule is CCCOC(=O)c1cncn1C(C)c1ccccc1OC. The molecular weight excluding hydrogens is 268 g/mol. The molecule has 1 heterocycles. The fraction of sp³-hybridized carbons (Fsp3) is 0.375. The molecule has 0 saturated carbocycles. The second kappa shape index (κ2) is 6.92. The van der Waals surface area contributed by atoms with E-state index in [2.05, 4.69) is 4.98 Å². The Labute approximate surface area is 124 Å². The van der Waals surface area contributed by atoms with Crippen LogP contribution in [-0.4, -0.2) is 29.2 Å². The van der Waals surface area contributed by atoms with Crippen molar-refractivity contribution in [2.45, 2.75) is 26.3 Å². The van der Waals surface area contributed by atoms with Gasteiger partial charge >= 0.3 is 5.97 Å². The molecule has 1 aromatic carbocycles. The second-order valence-corrected chi connectivity index (χ2v) is 4.74. The predicted octanol–water partition coefficient (Wildman–Crippen LogP) is 3.07. The Bertz CT molecular complexity index is 607. The van der Waals surface area contributed by atoms with Crippen molar-refractivity contribution in [3.63, 3.8) is 0 Å². The summed E-state index contributed by atoms with van der Waals surface area (Å²) in [6.45, 7) is 4.37. The van der Waals surface area contributed by atoms with Crippen LogP contribution in [0.15, 0.2) is 36.8 Å². The van der Waals surface area contributed by atoms with Gasteiger partial charge in [0, 0.05) is 5.56 Å². The van der Waals surface area contributed by atoms with E-state index in [4.69, 9.17) is 9.47 Å². The standard InChI is InChI=1S/C16H20N2O3/c1-4-9-21-16(19)14-10-17-11-18(14)12(2)13-7-5-6-8-15(13)20-3/h5-8,10-12H,4,9H2,1-3H3. The lowest BCUT2D eigenvalue weighted by Gasteiger charge is -2.18. The van der Waals surface area contributed by atoms with Gasteiger partial charge in [0.15, 0.2) is 0 Å². The highest BCUT2D eigenvalue weighted by molar-refractivity contribution is 5.87. The Kier molecular flexibility index (Phi) is 4.98. The maximum Gasteiger partial charge on any atom is 0.356 e. The molecule has 112 valence electrons. The Morgan fingerprint density at radius 1 is 1.38 bits per heavy atom. The molecule has 1 aromatic heterocycles. The van der Waals surface area contributed by atoms with Gasteiger partial charge in [-0.15, -0.1) is 0 Å². The van der Waals surface area contributed by atoms with E-state index >= 15 is 0 Å². The van der Waals surface area contributed by atoms with Gasteiger partial charge in [-0.2, -0.15) is 0 Å². The number of hydrogen-bond donors (Lipinski definition) is 0. The second-order valence-electron chi connectivity index (χ2n) is 4.74. The van der Waals surface area contributed by atoms with E-state index < -0.39 is 0 Å². The molecule has 0 radical (unpaired) electrons. The lowest BCUT2D eigenvalue weighted by Crippen LogP contribution is -2.16. The topological polar surface area (TPSA) is 53.3 Å². The third-order valence-corrected chi connectivity index (χ3v) is 3.32. The number of aromatic nitrogens is 2. The molecule has 5 nitrogen and oxygen atoms in total. The molecule has 0 fully saturated rings. The molecular formula is C16H20N2O3. The first-order valence-electron chi connectivity index (χ1n) is 7.00. The van der Waals surface area contributed by atoms with E-state index in [1.807, 2.05) is 38.1 Å². The molecule has 2 rings (SSSR count). The van der Waals surface area contributed by atoms with E-state index in [-0.39, 0.29) is 12.0 Å². The number of methoxy groups -OCH3 is 1. The third-order valence-electron chi connectivity index (χ3n) is 3.32. The van der Waals surface area contributed by atoms with Crippen molar-refractivity contribution in [2.24, 2.45) is 0 Å². The summed E-state index contributed by atoms with van der Waals surface area (Å²) >= 11 is 0. The lowest BCUT2D eigenvalue weighted by atomic mass is 10.1. The largest absolute Gasteiger partial charge is 0.496 e. The van der Waals surface area contributed by atoms with Crippen LogP contribution in [0.25, 0.3) is 0 Å². The lowest BCUT2D eigenvalue weighted by molar-refractivity contribution is 0.0491. The molecule has 0 aliphatic carbocycles. The Balaban J connectivity index is 2.30. The minimum atomic E-state index is -0.351. The molecule has 0 spiro atoms. The predicted molar refractivity (Wildman–Crippen MR) is 79.6 cm³/mol. The summed E-state index contributed by atoms with van der Waals surface area (Å²) in [5, 5.41) is 0. The number of hydrogen-bond acceptors (Lipinski definition) is 4. The highest BCUT2D eigenvalue weighted by Crippen LogP contribution is 2.28. The molecule has 5 heteroatoms. The minimum absolute atomic E-state index is 0.0761. The number of carbonyl (C=O) groups is 1. The van der Waals surface area contributed by atoms with Gasteiger partial charge < -0.3 is 14.0 Å². The van der Waals surface area contributed by atoms with Crippen LogP contribution < -0.4 is 4.74 Å².